The summed E-state index contributed by atoms with van der Waals surface area (Å²) in [6, 6.07) is 6.28. The van der Waals surface area contributed by atoms with E-state index in [9.17, 15) is 9.50 Å². The molecular weight excluding hydrogens is 233 g/mol. The van der Waals surface area contributed by atoms with Gasteiger partial charge in [-0.3, -0.25) is 0 Å². The molecule has 0 saturated carbocycles. The minimum Gasteiger partial charge on any atom is -0.396 e. The normalized spacial score (nSPS) is 12.6. The Kier molecular flexibility index (Phi) is 7.57. The predicted molar refractivity (Wildman–Crippen MR) is 69.8 cm³/mol. The van der Waals surface area contributed by atoms with Crippen LogP contribution in [0.25, 0.3) is 0 Å². The van der Waals surface area contributed by atoms with Crippen LogP contribution in [0.15, 0.2) is 24.3 Å². The Morgan fingerprint density at radius 2 is 1.83 bits per heavy atom. The van der Waals surface area contributed by atoms with Gasteiger partial charge < -0.3 is 15.5 Å². The van der Waals surface area contributed by atoms with Gasteiger partial charge in [-0.2, -0.15) is 0 Å². The summed E-state index contributed by atoms with van der Waals surface area (Å²) in [6.45, 7) is 1.41. The molecule has 1 unspecified atom stereocenters. The number of aliphatic hydroxyl groups is 2. The van der Waals surface area contributed by atoms with E-state index in [0.717, 1.165) is 32.2 Å². The van der Waals surface area contributed by atoms with Crippen molar-refractivity contribution >= 4 is 0 Å². The van der Waals surface area contributed by atoms with Gasteiger partial charge in [0, 0.05) is 18.7 Å². The van der Waals surface area contributed by atoms with Crippen LogP contribution in [-0.4, -0.2) is 29.9 Å². The summed E-state index contributed by atoms with van der Waals surface area (Å²) < 4.78 is 13.3. The van der Waals surface area contributed by atoms with Crippen molar-refractivity contribution < 1.29 is 14.6 Å². The van der Waals surface area contributed by atoms with Gasteiger partial charge in [-0.05, 0) is 25.5 Å². The molecule has 0 fully saturated rings. The summed E-state index contributed by atoms with van der Waals surface area (Å²) in [5.74, 6) is -0.366. The van der Waals surface area contributed by atoms with E-state index < -0.39 is 6.10 Å². The van der Waals surface area contributed by atoms with Crippen molar-refractivity contribution in [2.24, 2.45) is 0 Å². The van der Waals surface area contributed by atoms with Crippen molar-refractivity contribution in [1.82, 2.24) is 5.32 Å². The third kappa shape index (κ3) is 5.58. The summed E-state index contributed by atoms with van der Waals surface area (Å²) in [4.78, 5) is 0. The zero-order chi connectivity index (χ0) is 13.2. The van der Waals surface area contributed by atoms with Crippen molar-refractivity contribution in [3.05, 3.63) is 35.6 Å². The molecule has 1 atom stereocenters. The summed E-state index contributed by atoms with van der Waals surface area (Å²) in [5, 5.41) is 21.5. The van der Waals surface area contributed by atoms with Crippen LogP contribution in [0.4, 0.5) is 4.39 Å². The van der Waals surface area contributed by atoms with E-state index in [2.05, 4.69) is 5.32 Å². The molecule has 3 nitrogen and oxygen atoms in total. The van der Waals surface area contributed by atoms with Gasteiger partial charge in [0.25, 0.3) is 0 Å². The Labute approximate surface area is 108 Å². The van der Waals surface area contributed by atoms with Gasteiger partial charge in [-0.15, -0.1) is 0 Å². The Balaban J connectivity index is 2.14. The molecule has 1 aromatic carbocycles. The third-order valence-electron chi connectivity index (χ3n) is 2.86. The zero-order valence-electron chi connectivity index (χ0n) is 10.6. The van der Waals surface area contributed by atoms with E-state index in [0.29, 0.717) is 12.1 Å². The maximum Gasteiger partial charge on any atom is 0.129 e. The lowest BCUT2D eigenvalue weighted by Gasteiger charge is -2.12. The van der Waals surface area contributed by atoms with E-state index in [1.54, 1.807) is 18.2 Å². The Bertz CT molecular complexity index is 333. The zero-order valence-corrected chi connectivity index (χ0v) is 10.6. The Morgan fingerprint density at radius 1 is 1.11 bits per heavy atom. The van der Waals surface area contributed by atoms with Crippen LogP contribution in [0.5, 0.6) is 0 Å². The van der Waals surface area contributed by atoms with E-state index in [-0.39, 0.29) is 12.4 Å². The highest BCUT2D eigenvalue weighted by Gasteiger charge is 2.10. The largest absolute Gasteiger partial charge is 0.396 e. The molecule has 0 spiro atoms. The van der Waals surface area contributed by atoms with Crippen molar-refractivity contribution in [3.63, 3.8) is 0 Å². The first kappa shape index (κ1) is 15.1. The van der Waals surface area contributed by atoms with E-state index >= 15 is 0 Å². The molecule has 0 aliphatic heterocycles. The monoisotopic (exact) mass is 255 g/mol. The maximum atomic E-state index is 13.3. The predicted octanol–water partition coefficient (Wildman–Crippen LogP) is 2.00. The first-order valence-electron chi connectivity index (χ1n) is 6.49. The molecule has 3 N–H and O–H groups in total. The van der Waals surface area contributed by atoms with Gasteiger partial charge in [-0.25, -0.2) is 4.39 Å². The van der Waals surface area contributed by atoms with Crippen molar-refractivity contribution in [2.45, 2.75) is 31.8 Å². The second-order valence-electron chi connectivity index (χ2n) is 4.38. The number of nitrogens with one attached hydrogen (secondary N) is 1. The van der Waals surface area contributed by atoms with Gasteiger partial charge in [0.05, 0.1) is 6.10 Å². The first-order chi connectivity index (χ1) is 8.75. The molecule has 0 heterocycles. The molecule has 0 aliphatic rings. The molecule has 1 aromatic rings. The molecule has 0 radical (unpaired) electrons. The second kappa shape index (κ2) is 9.03. The van der Waals surface area contributed by atoms with Crippen LogP contribution in [0.2, 0.25) is 0 Å². The number of aliphatic hydroxyl groups excluding tert-OH is 2. The van der Waals surface area contributed by atoms with Gasteiger partial charge in [0.1, 0.15) is 5.82 Å². The number of unbranched alkanes of at least 4 members (excludes halogenated alkanes) is 3. The lowest BCUT2D eigenvalue weighted by atomic mass is 10.1. The number of halogens is 1. The molecule has 102 valence electrons. The molecule has 4 heteroatoms. The number of hydrogen-bond acceptors (Lipinski definition) is 3. The first-order valence-corrected chi connectivity index (χ1v) is 6.49. The molecule has 0 aromatic heterocycles. The Morgan fingerprint density at radius 3 is 2.56 bits per heavy atom. The topological polar surface area (TPSA) is 52.5 Å². The van der Waals surface area contributed by atoms with Crippen LogP contribution in [-0.2, 0) is 0 Å². The van der Waals surface area contributed by atoms with Crippen molar-refractivity contribution in [2.75, 3.05) is 19.7 Å². The van der Waals surface area contributed by atoms with Gasteiger partial charge in [0.2, 0.25) is 0 Å². The lowest BCUT2D eigenvalue weighted by Crippen LogP contribution is -2.23. The van der Waals surface area contributed by atoms with Crippen molar-refractivity contribution in [1.29, 1.82) is 0 Å². The fourth-order valence-electron chi connectivity index (χ4n) is 1.81. The molecule has 0 amide bonds. The molecule has 0 bridgehead atoms. The number of rotatable bonds is 9. The van der Waals surface area contributed by atoms with E-state index in [1.807, 2.05) is 0 Å². The van der Waals surface area contributed by atoms with Crippen LogP contribution < -0.4 is 5.32 Å². The van der Waals surface area contributed by atoms with Gasteiger partial charge >= 0.3 is 0 Å². The quantitative estimate of drug-likeness (QED) is 0.592. The molecule has 1 rings (SSSR count). The van der Waals surface area contributed by atoms with Gasteiger partial charge in [-0.1, -0.05) is 31.0 Å². The second-order valence-corrected chi connectivity index (χ2v) is 4.38. The molecular formula is C14H22FNO2. The summed E-state index contributed by atoms with van der Waals surface area (Å²) in [7, 11) is 0. The van der Waals surface area contributed by atoms with Crippen molar-refractivity contribution in [3.8, 4) is 0 Å². The fraction of sp³-hybridized carbons (Fsp3) is 0.571. The molecule has 0 aliphatic carbocycles. The maximum absolute atomic E-state index is 13.3. The van der Waals surface area contributed by atoms with E-state index in [1.165, 1.54) is 6.07 Å². The number of benzene rings is 1. The highest BCUT2D eigenvalue weighted by molar-refractivity contribution is 5.19. The smallest absolute Gasteiger partial charge is 0.129 e. The summed E-state index contributed by atoms with van der Waals surface area (Å²) in [6.07, 6.45) is 3.13. The standard InChI is InChI=1S/C14H22FNO2/c15-13-8-4-3-7-12(13)14(18)11-16-9-5-1-2-6-10-17/h3-4,7-8,14,16-18H,1-2,5-6,9-11H2. The highest BCUT2D eigenvalue weighted by atomic mass is 19.1. The third-order valence-corrected chi connectivity index (χ3v) is 2.86. The molecule has 18 heavy (non-hydrogen) atoms. The average Bonchev–Trinajstić information content (AvgIpc) is 2.38. The van der Waals surface area contributed by atoms with Crippen LogP contribution >= 0.6 is 0 Å². The fourth-order valence-corrected chi connectivity index (χ4v) is 1.81. The minimum absolute atomic E-state index is 0.249. The number of hydrogen-bond donors (Lipinski definition) is 3. The Hall–Kier alpha value is -0.970. The minimum atomic E-state index is -0.802. The van der Waals surface area contributed by atoms with Crippen LogP contribution in [0.3, 0.4) is 0 Å². The van der Waals surface area contributed by atoms with Crippen LogP contribution in [0, 0.1) is 5.82 Å². The average molecular weight is 255 g/mol. The SMILES string of the molecule is OCCCCCCNCC(O)c1ccccc1F. The van der Waals surface area contributed by atoms with Crippen LogP contribution in [0.1, 0.15) is 37.4 Å². The summed E-state index contributed by atoms with van der Waals surface area (Å²) in [5.41, 5.74) is 0.338. The summed E-state index contributed by atoms with van der Waals surface area (Å²) >= 11 is 0. The molecule has 0 saturated heterocycles. The van der Waals surface area contributed by atoms with Gasteiger partial charge in [0.15, 0.2) is 0 Å². The lowest BCUT2D eigenvalue weighted by molar-refractivity contribution is 0.170. The van der Waals surface area contributed by atoms with E-state index in [4.69, 9.17) is 5.11 Å². The highest BCUT2D eigenvalue weighted by Crippen LogP contribution is 2.15.